The molecule has 2 rings (SSSR count). The summed E-state index contributed by atoms with van der Waals surface area (Å²) in [6.07, 6.45) is 3.32. The van der Waals surface area contributed by atoms with E-state index < -0.39 is 17.5 Å². The van der Waals surface area contributed by atoms with Crippen molar-refractivity contribution in [2.24, 2.45) is 11.8 Å². The van der Waals surface area contributed by atoms with Crippen LogP contribution in [0.25, 0.3) is 0 Å². The second-order valence-electron chi connectivity index (χ2n) is 5.06. The van der Waals surface area contributed by atoms with Crippen LogP contribution in [0.2, 0.25) is 5.02 Å². The Balaban J connectivity index is 2.00. The number of rotatable bonds is 4. The lowest BCUT2D eigenvalue weighted by Gasteiger charge is -2.18. The summed E-state index contributed by atoms with van der Waals surface area (Å²) in [5.74, 6) is -1.28. The molecule has 2 unspecified atom stereocenters. The molecule has 1 aromatic rings. The van der Waals surface area contributed by atoms with Gasteiger partial charge in [0.05, 0.1) is 10.6 Å². The Bertz CT molecular complexity index is 512. The van der Waals surface area contributed by atoms with Crippen molar-refractivity contribution in [3.8, 4) is 0 Å². The van der Waals surface area contributed by atoms with Gasteiger partial charge in [-0.05, 0) is 36.8 Å². The summed E-state index contributed by atoms with van der Waals surface area (Å²) in [7, 11) is 0. The zero-order valence-corrected chi connectivity index (χ0v) is 13.1. The van der Waals surface area contributed by atoms with Gasteiger partial charge in [0.25, 0.3) is 5.91 Å². The van der Waals surface area contributed by atoms with Crippen LogP contribution >= 0.6 is 27.5 Å². The van der Waals surface area contributed by atoms with Gasteiger partial charge in [-0.2, -0.15) is 0 Å². The predicted molar refractivity (Wildman–Crippen MR) is 78.3 cm³/mol. The summed E-state index contributed by atoms with van der Waals surface area (Å²) in [4.78, 5) is 11.9. The van der Waals surface area contributed by atoms with Gasteiger partial charge in [0.15, 0.2) is 0 Å². The van der Waals surface area contributed by atoms with Crippen LogP contribution in [0.5, 0.6) is 0 Å². The van der Waals surface area contributed by atoms with E-state index in [-0.39, 0.29) is 10.6 Å². The number of carbonyl (C=O) groups excluding carboxylic acids is 1. The number of alkyl halides is 1. The smallest absolute Gasteiger partial charge is 0.254 e. The fourth-order valence-electron chi connectivity index (χ4n) is 2.60. The Kier molecular flexibility index (Phi) is 5.38. The number of amides is 1. The maximum atomic E-state index is 13.6. The fraction of sp³-hybridized carbons (Fsp3) is 0.500. The molecule has 2 atom stereocenters. The van der Waals surface area contributed by atoms with E-state index in [1.54, 1.807) is 0 Å². The maximum Gasteiger partial charge on any atom is 0.254 e. The molecule has 6 heteroatoms. The molecule has 0 bridgehead atoms. The normalized spacial score (nSPS) is 22.0. The van der Waals surface area contributed by atoms with Crippen molar-refractivity contribution >= 4 is 33.4 Å². The summed E-state index contributed by atoms with van der Waals surface area (Å²) in [6.45, 7) is 0.485. The Hall–Kier alpha value is -0.680. The Morgan fingerprint density at radius 1 is 1.30 bits per heavy atom. The minimum absolute atomic E-state index is 0.305. The quantitative estimate of drug-likeness (QED) is 0.629. The maximum absolute atomic E-state index is 13.6. The van der Waals surface area contributed by atoms with E-state index in [1.807, 2.05) is 0 Å². The molecule has 1 saturated carbocycles. The molecular weight excluding hydrogens is 352 g/mol. The summed E-state index contributed by atoms with van der Waals surface area (Å²) < 4.78 is 26.9. The summed E-state index contributed by atoms with van der Waals surface area (Å²) in [6, 6.07) is 1.66. The van der Waals surface area contributed by atoms with Crippen molar-refractivity contribution in [2.75, 3.05) is 11.9 Å². The molecule has 0 aromatic heterocycles. The fourth-order valence-corrected chi connectivity index (χ4v) is 3.60. The molecule has 0 radical (unpaired) electrons. The van der Waals surface area contributed by atoms with E-state index in [0.717, 1.165) is 36.7 Å². The van der Waals surface area contributed by atoms with Crippen molar-refractivity contribution < 1.29 is 13.6 Å². The molecule has 1 fully saturated rings. The lowest BCUT2D eigenvalue weighted by molar-refractivity contribution is 0.0940. The van der Waals surface area contributed by atoms with E-state index in [2.05, 4.69) is 21.2 Å². The number of carbonyl (C=O) groups is 1. The lowest BCUT2D eigenvalue weighted by atomic mass is 9.98. The molecular formula is C14H15BrClF2NO. The predicted octanol–water partition coefficient (Wildman–Crippen LogP) is 4.16. The number of benzene rings is 1. The number of hydrogen-bond acceptors (Lipinski definition) is 1. The Labute approximate surface area is 130 Å². The minimum Gasteiger partial charge on any atom is -0.352 e. The van der Waals surface area contributed by atoms with Crippen molar-refractivity contribution in [3.63, 3.8) is 0 Å². The third kappa shape index (κ3) is 3.50. The Morgan fingerprint density at radius 2 is 2.00 bits per heavy atom. The first kappa shape index (κ1) is 15.7. The van der Waals surface area contributed by atoms with Crippen LogP contribution in [0, 0.1) is 23.5 Å². The first-order valence-corrected chi connectivity index (χ1v) is 8.01. The standard InChI is InChI=1S/C14H15BrClF2NO/c15-6-8-2-1-3-9(8)7-19-14(20)10-4-13(18)11(16)5-12(10)17/h4-5,8-9H,1-3,6-7H2,(H,19,20). The SMILES string of the molecule is O=C(NCC1CCCC1CBr)c1cc(F)c(Cl)cc1F. The van der Waals surface area contributed by atoms with Crippen LogP contribution in [0.1, 0.15) is 29.6 Å². The largest absolute Gasteiger partial charge is 0.352 e. The minimum atomic E-state index is -0.808. The van der Waals surface area contributed by atoms with Crippen LogP contribution in [-0.2, 0) is 0 Å². The van der Waals surface area contributed by atoms with Crippen LogP contribution in [0.4, 0.5) is 8.78 Å². The molecule has 0 heterocycles. The van der Waals surface area contributed by atoms with E-state index >= 15 is 0 Å². The molecule has 0 aliphatic heterocycles. The van der Waals surface area contributed by atoms with Gasteiger partial charge in [-0.1, -0.05) is 34.0 Å². The average Bonchev–Trinajstić information content (AvgIpc) is 2.87. The topological polar surface area (TPSA) is 29.1 Å². The molecule has 110 valence electrons. The highest BCUT2D eigenvalue weighted by molar-refractivity contribution is 9.09. The monoisotopic (exact) mass is 365 g/mol. The van der Waals surface area contributed by atoms with Crippen molar-refractivity contribution in [3.05, 3.63) is 34.4 Å². The van der Waals surface area contributed by atoms with Crippen molar-refractivity contribution in [1.29, 1.82) is 0 Å². The number of halogens is 4. The van der Waals surface area contributed by atoms with Gasteiger partial charge < -0.3 is 5.32 Å². The highest BCUT2D eigenvalue weighted by Crippen LogP contribution is 2.32. The molecule has 1 aliphatic rings. The van der Waals surface area contributed by atoms with Crippen molar-refractivity contribution in [2.45, 2.75) is 19.3 Å². The molecule has 0 spiro atoms. The lowest BCUT2D eigenvalue weighted by Crippen LogP contribution is -2.31. The molecule has 20 heavy (non-hydrogen) atoms. The first-order valence-electron chi connectivity index (χ1n) is 6.51. The number of hydrogen-bond donors (Lipinski definition) is 1. The van der Waals surface area contributed by atoms with E-state index in [4.69, 9.17) is 11.6 Å². The highest BCUT2D eigenvalue weighted by atomic mass is 79.9. The van der Waals surface area contributed by atoms with E-state index in [0.29, 0.717) is 18.4 Å². The third-order valence-corrected chi connectivity index (χ3v) is 4.92. The summed E-state index contributed by atoms with van der Waals surface area (Å²) in [5.41, 5.74) is -0.305. The van der Waals surface area contributed by atoms with Gasteiger partial charge in [-0.3, -0.25) is 4.79 Å². The van der Waals surface area contributed by atoms with Crippen LogP contribution in [0.3, 0.4) is 0 Å². The zero-order valence-electron chi connectivity index (χ0n) is 10.8. The molecule has 1 amide bonds. The van der Waals surface area contributed by atoms with Crippen LogP contribution in [0.15, 0.2) is 12.1 Å². The first-order chi connectivity index (χ1) is 9.52. The van der Waals surface area contributed by atoms with Gasteiger partial charge in [0.1, 0.15) is 11.6 Å². The second-order valence-corrected chi connectivity index (χ2v) is 6.12. The van der Waals surface area contributed by atoms with E-state index in [9.17, 15) is 13.6 Å². The zero-order chi connectivity index (χ0) is 14.7. The second kappa shape index (κ2) is 6.85. The van der Waals surface area contributed by atoms with Crippen LogP contribution in [-0.4, -0.2) is 17.8 Å². The van der Waals surface area contributed by atoms with Gasteiger partial charge in [-0.25, -0.2) is 8.78 Å². The molecule has 1 N–H and O–H groups in total. The van der Waals surface area contributed by atoms with E-state index in [1.165, 1.54) is 0 Å². The van der Waals surface area contributed by atoms with Gasteiger partial charge in [0.2, 0.25) is 0 Å². The third-order valence-electron chi connectivity index (χ3n) is 3.79. The van der Waals surface area contributed by atoms with Crippen molar-refractivity contribution in [1.82, 2.24) is 5.32 Å². The molecule has 0 saturated heterocycles. The summed E-state index contributed by atoms with van der Waals surface area (Å²) >= 11 is 8.92. The van der Waals surface area contributed by atoms with Crippen LogP contribution < -0.4 is 5.32 Å². The van der Waals surface area contributed by atoms with Gasteiger partial charge >= 0.3 is 0 Å². The van der Waals surface area contributed by atoms with Gasteiger partial charge in [-0.15, -0.1) is 0 Å². The molecule has 1 aliphatic carbocycles. The Morgan fingerprint density at radius 3 is 2.70 bits per heavy atom. The number of nitrogens with one attached hydrogen (secondary N) is 1. The molecule has 1 aromatic carbocycles. The average molecular weight is 367 g/mol. The van der Waals surface area contributed by atoms with Gasteiger partial charge in [0, 0.05) is 11.9 Å². The molecule has 2 nitrogen and oxygen atoms in total. The highest BCUT2D eigenvalue weighted by Gasteiger charge is 2.27. The summed E-state index contributed by atoms with van der Waals surface area (Å²) in [5, 5.41) is 3.26.